The molecule has 1 heterocycles. The molecule has 0 unspecified atom stereocenters. The smallest absolute Gasteiger partial charge is 0.319 e. The van der Waals surface area contributed by atoms with E-state index in [9.17, 15) is 4.79 Å². The van der Waals surface area contributed by atoms with E-state index in [1.807, 2.05) is 18.5 Å². The van der Waals surface area contributed by atoms with Gasteiger partial charge in [-0.15, -0.1) is 10.2 Å². The molecule has 76 valence electrons. The standard InChI is InChI=1S/C9H13N3O2/c1-6-10-11-7(12(6)2)9(4-5-9)8(13)14-3/h4-5H2,1-3H3. The molecular weight excluding hydrogens is 182 g/mol. The fraction of sp³-hybridized carbons (Fsp3) is 0.667. The Hall–Kier alpha value is -1.39. The van der Waals surface area contributed by atoms with Crippen LogP contribution in [0.2, 0.25) is 0 Å². The third-order valence-electron chi connectivity index (χ3n) is 2.85. The second-order valence-corrected chi connectivity index (χ2v) is 3.70. The maximum atomic E-state index is 11.6. The Morgan fingerprint density at radius 1 is 1.50 bits per heavy atom. The van der Waals surface area contributed by atoms with E-state index in [1.54, 1.807) is 0 Å². The van der Waals surface area contributed by atoms with E-state index in [0.29, 0.717) is 0 Å². The van der Waals surface area contributed by atoms with Gasteiger partial charge in [-0.05, 0) is 19.8 Å². The van der Waals surface area contributed by atoms with Crippen LogP contribution in [-0.2, 0) is 22.0 Å². The number of aromatic nitrogens is 3. The monoisotopic (exact) mass is 195 g/mol. The Morgan fingerprint density at radius 3 is 2.50 bits per heavy atom. The normalized spacial score (nSPS) is 17.9. The number of carbonyl (C=O) groups excluding carboxylic acids is 1. The lowest BCUT2D eigenvalue weighted by molar-refractivity contribution is -0.144. The molecule has 0 N–H and O–H groups in total. The minimum atomic E-state index is -0.509. The van der Waals surface area contributed by atoms with Crippen LogP contribution in [0.3, 0.4) is 0 Å². The number of methoxy groups -OCH3 is 1. The zero-order valence-corrected chi connectivity index (χ0v) is 8.57. The first-order valence-corrected chi connectivity index (χ1v) is 4.57. The summed E-state index contributed by atoms with van der Waals surface area (Å²) in [4.78, 5) is 11.6. The van der Waals surface area contributed by atoms with Crippen molar-refractivity contribution in [1.82, 2.24) is 14.8 Å². The third-order valence-corrected chi connectivity index (χ3v) is 2.85. The van der Waals surface area contributed by atoms with E-state index < -0.39 is 5.41 Å². The second-order valence-electron chi connectivity index (χ2n) is 3.70. The van der Waals surface area contributed by atoms with Crippen LogP contribution in [0.25, 0.3) is 0 Å². The molecule has 1 saturated carbocycles. The molecule has 0 atom stereocenters. The van der Waals surface area contributed by atoms with Crippen LogP contribution < -0.4 is 0 Å². The van der Waals surface area contributed by atoms with Gasteiger partial charge in [-0.2, -0.15) is 0 Å². The molecule has 1 fully saturated rings. The van der Waals surface area contributed by atoms with Crippen molar-refractivity contribution in [3.05, 3.63) is 11.6 Å². The predicted octanol–water partition coefficient (Wildman–Crippen LogP) is 0.328. The highest BCUT2D eigenvalue weighted by Gasteiger charge is 2.56. The van der Waals surface area contributed by atoms with Crippen LogP contribution in [0.4, 0.5) is 0 Å². The van der Waals surface area contributed by atoms with Gasteiger partial charge in [0, 0.05) is 7.05 Å². The van der Waals surface area contributed by atoms with Crippen LogP contribution in [0.15, 0.2) is 0 Å². The number of hydrogen-bond donors (Lipinski definition) is 0. The molecule has 1 aliphatic carbocycles. The van der Waals surface area contributed by atoms with Gasteiger partial charge in [0.15, 0.2) is 0 Å². The van der Waals surface area contributed by atoms with Crippen molar-refractivity contribution in [2.24, 2.45) is 7.05 Å². The Balaban J connectivity index is 2.40. The molecule has 1 aromatic rings. The zero-order valence-electron chi connectivity index (χ0n) is 8.57. The predicted molar refractivity (Wildman–Crippen MR) is 48.7 cm³/mol. The molecule has 1 aliphatic rings. The second kappa shape index (κ2) is 2.80. The quantitative estimate of drug-likeness (QED) is 0.638. The summed E-state index contributed by atoms with van der Waals surface area (Å²) in [5.74, 6) is 1.34. The average Bonchev–Trinajstić information content (AvgIpc) is 2.92. The van der Waals surface area contributed by atoms with Gasteiger partial charge >= 0.3 is 5.97 Å². The third kappa shape index (κ3) is 1.05. The molecule has 0 aromatic carbocycles. The van der Waals surface area contributed by atoms with Crippen LogP contribution in [-0.4, -0.2) is 27.8 Å². The van der Waals surface area contributed by atoms with Gasteiger partial charge in [0.2, 0.25) is 0 Å². The van der Waals surface area contributed by atoms with Crippen LogP contribution in [0.5, 0.6) is 0 Å². The van der Waals surface area contributed by atoms with Gasteiger partial charge in [0.1, 0.15) is 17.1 Å². The summed E-state index contributed by atoms with van der Waals surface area (Å²) in [6.07, 6.45) is 1.62. The first kappa shape index (κ1) is 9.18. The maximum Gasteiger partial charge on any atom is 0.319 e. The molecule has 0 amide bonds. The van der Waals surface area contributed by atoms with E-state index in [4.69, 9.17) is 4.74 Å². The number of esters is 1. The highest BCUT2D eigenvalue weighted by Crippen LogP contribution is 2.48. The lowest BCUT2D eigenvalue weighted by atomic mass is 10.1. The molecule has 0 radical (unpaired) electrons. The van der Waals surface area contributed by atoms with E-state index in [2.05, 4.69) is 10.2 Å². The zero-order chi connectivity index (χ0) is 10.3. The molecule has 0 spiro atoms. The number of rotatable bonds is 2. The van der Waals surface area contributed by atoms with Gasteiger partial charge in [0.05, 0.1) is 7.11 Å². The van der Waals surface area contributed by atoms with Crippen molar-refractivity contribution in [2.45, 2.75) is 25.2 Å². The van der Waals surface area contributed by atoms with Crippen molar-refractivity contribution in [1.29, 1.82) is 0 Å². The topological polar surface area (TPSA) is 57.0 Å². The molecule has 14 heavy (non-hydrogen) atoms. The molecular formula is C9H13N3O2. The van der Waals surface area contributed by atoms with Gasteiger partial charge in [-0.25, -0.2) is 0 Å². The van der Waals surface area contributed by atoms with Crippen LogP contribution >= 0.6 is 0 Å². The Bertz CT molecular complexity index is 379. The van der Waals surface area contributed by atoms with Crippen LogP contribution in [0, 0.1) is 6.92 Å². The van der Waals surface area contributed by atoms with Crippen molar-refractivity contribution in [2.75, 3.05) is 7.11 Å². The molecule has 0 aliphatic heterocycles. The van der Waals surface area contributed by atoms with Gasteiger partial charge in [0.25, 0.3) is 0 Å². The Kier molecular flexibility index (Phi) is 1.83. The lowest BCUT2D eigenvalue weighted by Crippen LogP contribution is -2.25. The number of ether oxygens (including phenoxy) is 1. The van der Waals surface area contributed by atoms with Crippen molar-refractivity contribution < 1.29 is 9.53 Å². The number of nitrogens with zero attached hydrogens (tertiary/aromatic N) is 3. The SMILES string of the molecule is COC(=O)C1(c2nnc(C)n2C)CC1. The molecule has 5 heteroatoms. The first-order valence-electron chi connectivity index (χ1n) is 4.57. The minimum absolute atomic E-state index is 0.201. The van der Waals surface area contributed by atoms with Gasteiger partial charge < -0.3 is 9.30 Å². The molecule has 0 bridgehead atoms. The molecule has 1 aromatic heterocycles. The van der Waals surface area contributed by atoms with E-state index in [1.165, 1.54) is 7.11 Å². The summed E-state index contributed by atoms with van der Waals surface area (Å²) >= 11 is 0. The summed E-state index contributed by atoms with van der Waals surface area (Å²) < 4.78 is 6.63. The summed E-state index contributed by atoms with van der Waals surface area (Å²) in [7, 11) is 3.28. The minimum Gasteiger partial charge on any atom is -0.468 e. The largest absolute Gasteiger partial charge is 0.468 e. The maximum absolute atomic E-state index is 11.6. The number of aryl methyl sites for hydroxylation is 1. The number of carbonyl (C=O) groups is 1. The summed E-state index contributed by atoms with van der Waals surface area (Å²) in [6.45, 7) is 1.86. The van der Waals surface area contributed by atoms with E-state index in [-0.39, 0.29) is 5.97 Å². The van der Waals surface area contributed by atoms with Gasteiger partial charge in [-0.1, -0.05) is 0 Å². The van der Waals surface area contributed by atoms with Crippen molar-refractivity contribution >= 4 is 5.97 Å². The van der Waals surface area contributed by atoms with Gasteiger partial charge in [-0.3, -0.25) is 4.79 Å². The lowest BCUT2D eigenvalue weighted by Gasteiger charge is -2.11. The molecule has 2 rings (SSSR count). The fourth-order valence-electron chi connectivity index (χ4n) is 1.66. The van der Waals surface area contributed by atoms with Crippen molar-refractivity contribution in [3.63, 3.8) is 0 Å². The highest BCUT2D eigenvalue weighted by molar-refractivity contribution is 5.85. The fourth-order valence-corrected chi connectivity index (χ4v) is 1.66. The molecule has 5 nitrogen and oxygen atoms in total. The average molecular weight is 195 g/mol. The Labute approximate surface area is 82.1 Å². The highest BCUT2D eigenvalue weighted by atomic mass is 16.5. The Morgan fingerprint density at radius 2 is 2.14 bits per heavy atom. The van der Waals surface area contributed by atoms with E-state index in [0.717, 1.165) is 24.5 Å². The van der Waals surface area contributed by atoms with E-state index >= 15 is 0 Å². The number of hydrogen-bond acceptors (Lipinski definition) is 4. The summed E-state index contributed by atoms with van der Waals surface area (Å²) in [5.41, 5.74) is -0.509. The first-order chi connectivity index (χ1) is 6.62. The van der Waals surface area contributed by atoms with Crippen LogP contribution in [0.1, 0.15) is 24.5 Å². The van der Waals surface area contributed by atoms with Crippen molar-refractivity contribution in [3.8, 4) is 0 Å². The molecule has 0 saturated heterocycles. The summed E-state index contributed by atoms with van der Waals surface area (Å²) in [6, 6.07) is 0. The summed E-state index contributed by atoms with van der Waals surface area (Å²) in [5, 5.41) is 7.97.